The van der Waals surface area contributed by atoms with Crippen LogP contribution in [0.5, 0.6) is 0 Å². The molecule has 1 heterocycles. The van der Waals surface area contributed by atoms with Gasteiger partial charge in [-0.2, -0.15) is 0 Å². The van der Waals surface area contributed by atoms with Crippen molar-refractivity contribution in [2.45, 2.75) is 12.8 Å². The minimum atomic E-state index is 0. The van der Waals surface area contributed by atoms with Crippen molar-refractivity contribution >= 4 is 9.71 Å². The van der Waals surface area contributed by atoms with E-state index in [2.05, 4.69) is 29.6 Å². The van der Waals surface area contributed by atoms with Gasteiger partial charge in [-0.1, -0.05) is 0 Å². The molecular weight excluding hydrogens is 544 g/mol. The van der Waals surface area contributed by atoms with Crippen LogP contribution in [-0.4, -0.2) is 4.02 Å². The molecule has 1 nitrogen and oxygen atoms in total. The van der Waals surface area contributed by atoms with E-state index >= 15 is 0 Å². The quantitative estimate of drug-likeness (QED) is 0.470. The van der Waals surface area contributed by atoms with E-state index in [-0.39, 0.29) is 31.1 Å². The van der Waals surface area contributed by atoms with Crippen LogP contribution in [-0.2, 0) is 25.8 Å². The maximum atomic E-state index is 4.50. The van der Waals surface area contributed by atoms with E-state index in [9.17, 15) is 0 Å². The average molecular weight is 552 g/mol. The number of fused-ring (bicyclic) bond motifs is 1. The van der Waals surface area contributed by atoms with Crippen LogP contribution < -0.4 is 0 Å². The Balaban J connectivity index is 0.000000720. The van der Waals surface area contributed by atoms with E-state index in [0.717, 1.165) is 6.42 Å². The summed E-state index contributed by atoms with van der Waals surface area (Å²) in [6.07, 6.45) is 2.34. The zero-order valence-corrected chi connectivity index (χ0v) is 13.7. The summed E-state index contributed by atoms with van der Waals surface area (Å²) in [4.78, 5) is 0. The van der Waals surface area contributed by atoms with E-state index in [0.29, 0.717) is 0 Å². The molecule has 1 aliphatic rings. The Labute approximate surface area is 107 Å². The second-order valence-electron chi connectivity index (χ2n) is 2.63. The van der Waals surface area contributed by atoms with Gasteiger partial charge >= 0.3 is 77.0 Å². The van der Waals surface area contributed by atoms with Gasteiger partial charge in [0.15, 0.2) is 0 Å². The fraction of sp³-hybridized carbons (Fsp3) is 0.222. The molecule has 0 fully saturated rings. The Kier molecular flexibility index (Phi) is 4.24. The van der Waals surface area contributed by atoms with Gasteiger partial charge in [-0.25, -0.2) is 0 Å². The summed E-state index contributed by atoms with van der Waals surface area (Å²) in [7, 11) is 0. The second-order valence-corrected chi connectivity index (χ2v) is 4.33. The number of aryl methyl sites for hydroxylation is 1. The van der Waals surface area contributed by atoms with Crippen molar-refractivity contribution in [2.24, 2.45) is 0 Å². The van der Waals surface area contributed by atoms with E-state index in [1.165, 1.54) is 41.0 Å². The number of nitrogens with zero attached hydrogens (tertiary/aromatic N) is 1. The number of hydrogen-bond donors (Lipinski definition) is 0. The maximum absolute atomic E-state index is 4.50. The molecule has 2 rings (SSSR count). The van der Waals surface area contributed by atoms with Crippen molar-refractivity contribution in [2.75, 3.05) is 0 Å². The Morgan fingerprint density at radius 1 is 1.17 bits per heavy atom. The van der Waals surface area contributed by atoms with Crippen LogP contribution in [0.4, 0.5) is 5.69 Å². The van der Waals surface area contributed by atoms with Crippen molar-refractivity contribution in [1.82, 2.24) is 0 Å². The molecule has 0 saturated carbocycles. The molecule has 1 aliphatic heterocycles. The topological polar surface area (TPSA) is 14.1 Å². The number of benzene rings is 1. The van der Waals surface area contributed by atoms with E-state index in [4.69, 9.17) is 0 Å². The van der Waals surface area contributed by atoms with Gasteiger partial charge in [0.25, 0.3) is 0 Å². The van der Waals surface area contributed by atoms with Gasteiger partial charge < -0.3 is 0 Å². The van der Waals surface area contributed by atoms with E-state index in [1.807, 2.05) is 0 Å². The molecule has 0 aromatic heterocycles. The van der Waals surface area contributed by atoms with Crippen molar-refractivity contribution in [1.29, 1.82) is 0 Å². The summed E-state index contributed by atoms with van der Waals surface area (Å²) < 4.78 is 1.34. The molecule has 0 saturated heterocycles. The first-order valence-corrected chi connectivity index (χ1v) is 5.15. The summed E-state index contributed by atoms with van der Waals surface area (Å²) in [6.45, 7) is 0. The Morgan fingerprint density at radius 3 is 2.75 bits per heavy atom. The standard InChI is InChI=1S/C9H8N.U.W/c1-2-6-9-8(4-1)5-3-7-10-9;;/h1-2,4,6H,3,5H2;;/q-1;;. The van der Waals surface area contributed by atoms with Gasteiger partial charge in [0.05, 0.1) is 0 Å². The average Bonchev–Trinajstić information content (AvgIpc) is 2.04. The first-order chi connectivity index (χ1) is 5.36. The van der Waals surface area contributed by atoms with Crippen molar-refractivity contribution in [3.05, 3.63) is 35.1 Å². The second kappa shape index (κ2) is 4.75. The molecular formula is C9H8NUW-. The third-order valence-electron chi connectivity index (χ3n) is 1.84. The van der Waals surface area contributed by atoms with Gasteiger partial charge in [0.2, 0.25) is 0 Å². The van der Waals surface area contributed by atoms with Gasteiger partial charge in [0, 0.05) is 31.1 Å². The molecule has 0 aliphatic carbocycles. The zero-order chi connectivity index (χ0) is 7.68. The molecule has 0 spiro atoms. The molecule has 1 aromatic rings. The van der Waals surface area contributed by atoms with Crippen LogP contribution in [0.25, 0.3) is 5.32 Å². The number of hydrogen-bond acceptors (Lipinski definition) is 0. The van der Waals surface area contributed by atoms with Crippen LogP contribution in [0.1, 0.15) is 12.0 Å². The van der Waals surface area contributed by atoms with Crippen molar-refractivity contribution < 1.29 is 50.5 Å². The zero-order valence-electron chi connectivity index (χ0n) is 6.58. The summed E-state index contributed by atoms with van der Waals surface area (Å²) >= 11 is 1.51. The molecule has 60 valence electrons. The summed E-state index contributed by atoms with van der Waals surface area (Å²) in [5.74, 6) is 0. The SMILES string of the molecule is [U].[W]=[C]1CCc2ccccc2[N-]1. The summed E-state index contributed by atoms with van der Waals surface area (Å²) in [6, 6.07) is 8.40. The van der Waals surface area contributed by atoms with Crippen LogP contribution in [0, 0.1) is 31.1 Å². The summed E-state index contributed by atoms with van der Waals surface area (Å²) in [5.41, 5.74) is 2.58. The van der Waals surface area contributed by atoms with Crippen LogP contribution in [0.15, 0.2) is 24.3 Å². The van der Waals surface area contributed by atoms with Gasteiger partial charge in [0.1, 0.15) is 0 Å². The van der Waals surface area contributed by atoms with Crippen molar-refractivity contribution in [3.8, 4) is 0 Å². The summed E-state index contributed by atoms with van der Waals surface area (Å²) in [5, 5.41) is 4.50. The fourth-order valence-electron chi connectivity index (χ4n) is 1.26. The van der Waals surface area contributed by atoms with Crippen LogP contribution in [0.3, 0.4) is 0 Å². The van der Waals surface area contributed by atoms with E-state index < -0.39 is 0 Å². The molecule has 0 N–H and O–H groups in total. The third kappa shape index (κ3) is 2.32. The van der Waals surface area contributed by atoms with Gasteiger partial charge in [-0.3, -0.25) is 0 Å². The Hall–Kier alpha value is 0.630. The van der Waals surface area contributed by atoms with E-state index in [1.54, 1.807) is 0 Å². The molecule has 0 amide bonds. The molecule has 0 bridgehead atoms. The Bertz CT molecular complexity index is 298. The molecule has 3 heteroatoms. The molecule has 1 aromatic carbocycles. The van der Waals surface area contributed by atoms with Gasteiger partial charge in [-0.15, -0.1) is 0 Å². The predicted molar refractivity (Wildman–Crippen MR) is 42.8 cm³/mol. The Morgan fingerprint density at radius 2 is 1.92 bits per heavy atom. The minimum absolute atomic E-state index is 0. The normalized spacial score (nSPS) is 14.2. The van der Waals surface area contributed by atoms with Crippen LogP contribution >= 0.6 is 0 Å². The molecule has 0 atom stereocenters. The first kappa shape index (κ1) is 10.7. The van der Waals surface area contributed by atoms with Crippen LogP contribution in [0.2, 0.25) is 0 Å². The molecule has 0 radical (unpaired) electrons. The van der Waals surface area contributed by atoms with Crippen molar-refractivity contribution in [3.63, 3.8) is 0 Å². The molecule has 12 heavy (non-hydrogen) atoms. The number of rotatable bonds is 0. The van der Waals surface area contributed by atoms with Gasteiger partial charge in [-0.05, 0) is 0 Å². The monoisotopic (exact) mass is 552 g/mol. The fourth-order valence-corrected chi connectivity index (χ4v) is 1.98. The first-order valence-electron chi connectivity index (χ1n) is 3.69. The number of para-hydroxylation sites is 1. The molecule has 0 unspecified atom stereocenters. The predicted octanol–water partition coefficient (Wildman–Crippen LogP) is 2.31. The third-order valence-corrected chi connectivity index (χ3v) is 2.91.